The summed E-state index contributed by atoms with van der Waals surface area (Å²) in [4.78, 5) is 26.9. The average molecular weight is 424 g/mol. The number of hydrogen-bond donors (Lipinski definition) is 2. The van der Waals surface area contributed by atoms with Crippen molar-refractivity contribution >= 4 is 41.5 Å². The number of carbonyl (C=O) groups excluding carboxylic acids is 2. The molecule has 0 saturated carbocycles. The number of carbonyl (C=O) groups is 2. The number of benzene rings is 2. The van der Waals surface area contributed by atoms with Crippen LogP contribution in [-0.4, -0.2) is 43.0 Å². The normalized spacial score (nSPS) is 14.1. The highest BCUT2D eigenvalue weighted by atomic mass is 35.5. The Hall–Kier alpha value is -2.44. The molecular formula is C20H23Cl2N3O3. The third-order valence-corrected chi connectivity index (χ3v) is 5.03. The molecule has 3 rings (SSSR count). The second kappa shape index (κ2) is 9.66. The number of rotatable bonds is 4. The largest absolute Gasteiger partial charge is 0.496 e. The summed E-state index contributed by atoms with van der Waals surface area (Å²) in [6, 6.07) is 12.3. The van der Waals surface area contributed by atoms with Gasteiger partial charge in [-0.25, -0.2) is 0 Å². The maximum atomic E-state index is 12.6. The molecule has 0 aromatic heterocycles. The molecule has 0 aliphatic carbocycles. The van der Waals surface area contributed by atoms with Crippen LogP contribution in [0.3, 0.4) is 0 Å². The quantitative estimate of drug-likeness (QED) is 0.737. The molecule has 6 nitrogen and oxygen atoms in total. The fraction of sp³-hybridized carbons (Fsp3) is 0.300. The number of ether oxygens (including phenoxy) is 1. The SMILES string of the molecule is COc1cc(N)c(Cl)cc1C(=O)NC1CCN(C(=O)c2ccccc2)CC1.Cl. The van der Waals surface area contributed by atoms with E-state index in [0.717, 1.165) is 0 Å². The van der Waals surface area contributed by atoms with E-state index >= 15 is 0 Å². The molecule has 150 valence electrons. The van der Waals surface area contributed by atoms with Crippen molar-refractivity contribution in [3.63, 3.8) is 0 Å². The van der Waals surface area contributed by atoms with Gasteiger partial charge in [-0.05, 0) is 31.0 Å². The number of methoxy groups -OCH3 is 1. The number of nitrogen functional groups attached to an aromatic ring is 1. The molecular weight excluding hydrogens is 401 g/mol. The van der Waals surface area contributed by atoms with Gasteiger partial charge in [0.05, 0.1) is 23.4 Å². The van der Waals surface area contributed by atoms with Crippen LogP contribution < -0.4 is 15.8 Å². The minimum Gasteiger partial charge on any atom is -0.496 e. The van der Waals surface area contributed by atoms with Gasteiger partial charge >= 0.3 is 0 Å². The van der Waals surface area contributed by atoms with E-state index < -0.39 is 0 Å². The van der Waals surface area contributed by atoms with Crippen molar-refractivity contribution in [2.24, 2.45) is 0 Å². The number of amides is 2. The molecule has 1 aliphatic rings. The lowest BCUT2D eigenvalue weighted by Gasteiger charge is -2.32. The molecule has 2 aromatic carbocycles. The fourth-order valence-corrected chi connectivity index (χ4v) is 3.33. The molecule has 3 N–H and O–H groups in total. The molecule has 1 aliphatic heterocycles. The van der Waals surface area contributed by atoms with Crippen molar-refractivity contribution in [2.45, 2.75) is 18.9 Å². The Labute approximate surface area is 175 Å². The topological polar surface area (TPSA) is 84.7 Å². The van der Waals surface area contributed by atoms with Gasteiger partial charge in [0.25, 0.3) is 11.8 Å². The molecule has 0 bridgehead atoms. The number of likely N-dealkylation sites (tertiary alicyclic amines) is 1. The second-order valence-electron chi connectivity index (χ2n) is 6.48. The van der Waals surface area contributed by atoms with Gasteiger partial charge in [0, 0.05) is 30.8 Å². The Kier molecular flexibility index (Phi) is 7.54. The molecule has 1 saturated heterocycles. The Morgan fingerprint density at radius 3 is 2.43 bits per heavy atom. The van der Waals surface area contributed by atoms with E-state index in [2.05, 4.69) is 5.32 Å². The molecule has 0 unspecified atom stereocenters. The number of hydrogen-bond acceptors (Lipinski definition) is 4. The van der Waals surface area contributed by atoms with Crippen LogP contribution in [0.2, 0.25) is 5.02 Å². The number of anilines is 1. The van der Waals surface area contributed by atoms with E-state index in [-0.39, 0.29) is 30.3 Å². The van der Waals surface area contributed by atoms with Crippen LogP contribution in [-0.2, 0) is 0 Å². The zero-order valence-electron chi connectivity index (χ0n) is 15.5. The second-order valence-corrected chi connectivity index (χ2v) is 6.89. The molecule has 2 amide bonds. The number of nitrogens with zero attached hydrogens (tertiary/aromatic N) is 1. The monoisotopic (exact) mass is 423 g/mol. The van der Waals surface area contributed by atoms with Crippen molar-refractivity contribution in [2.75, 3.05) is 25.9 Å². The van der Waals surface area contributed by atoms with E-state index in [1.54, 1.807) is 6.07 Å². The van der Waals surface area contributed by atoms with Gasteiger partial charge in [-0.3, -0.25) is 9.59 Å². The number of nitrogens with two attached hydrogens (primary N) is 1. The van der Waals surface area contributed by atoms with Crippen LogP contribution in [0.15, 0.2) is 42.5 Å². The number of piperidine rings is 1. The zero-order valence-corrected chi connectivity index (χ0v) is 17.1. The third-order valence-electron chi connectivity index (χ3n) is 4.70. The van der Waals surface area contributed by atoms with Crippen molar-refractivity contribution in [3.8, 4) is 5.75 Å². The standard InChI is InChI=1S/C20H22ClN3O3.ClH/c1-27-18-12-17(22)16(21)11-15(18)19(25)23-14-7-9-24(10-8-14)20(26)13-5-3-2-4-6-13;/h2-6,11-12,14H,7-10,22H2,1H3,(H,23,25);1H. The summed E-state index contributed by atoms with van der Waals surface area (Å²) in [5, 5.41) is 3.31. The van der Waals surface area contributed by atoms with Crippen molar-refractivity contribution in [1.82, 2.24) is 10.2 Å². The molecule has 28 heavy (non-hydrogen) atoms. The highest BCUT2D eigenvalue weighted by Crippen LogP contribution is 2.29. The van der Waals surface area contributed by atoms with E-state index in [0.29, 0.717) is 53.5 Å². The van der Waals surface area contributed by atoms with Gasteiger partial charge in [0.1, 0.15) is 5.75 Å². The van der Waals surface area contributed by atoms with Crippen LogP contribution in [0, 0.1) is 0 Å². The van der Waals surface area contributed by atoms with Crippen LogP contribution in [0.1, 0.15) is 33.6 Å². The molecule has 0 atom stereocenters. The predicted molar refractivity (Wildman–Crippen MR) is 112 cm³/mol. The Morgan fingerprint density at radius 1 is 1.18 bits per heavy atom. The maximum Gasteiger partial charge on any atom is 0.255 e. The first-order valence-electron chi connectivity index (χ1n) is 8.77. The summed E-state index contributed by atoms with van der Waals surface area (Å²) in [6.45, 7) is 1.19. The minimum atomic E-state index is -0.262. The highest BCUT2D eigenvalue weighted by molar-refractivity contribution is 6.33. The van der Waals surface area contributed by atoms with Crippen LogP contribution in [0.5, 0.6) is 5.75 Å². The Bertz CT molecular complexity index is 838. The lowest BCUT2D eigenvalue weighted by Crippen LogP contribution is -2.46. The maximum absolute atomic E-state index is 12.6. The van der Waals surface area contributed by atoms with Crippen LogP contribution in [0.4, 0.5) is 5.69 Å². The van der Waals surface area contributed by atoms with Crippen LogP contribution >= 0.6 is 24.0 Å². The molecule has 0 radical (unpaired) electrons. The minimum absolute atomic E-state index is 0. The summed E-state index contributed by atoms with van der Waals surface area (Å²) in [5.41, 5.74) is 7.15. The summed E-state index contributed by atoms with van der Waals surface area (Å²) in [7, 11) is 1.48. The first-order valence-corrected chi connectivity index (χ1v) is 9.15. The van der Waals surface area contributed by atoms with Gasteiger partial charge in [-0.2, -0.15) is 0 Å². The molecule has 1 fully saturated rings. The van der Waals surface area contributed by atoms with Crippen LogP contribution in [0.25, 0.3) is 0 Å². The number of halogens is 2. The lowest BCUT2D eigenvalue weighted by atomic mass is 10.0. The van der Waals surface area contributed by atoms with Gasteiger partial charge in [0.2, 0.25) is 0 Å². The highest BCUT2D eigenvalue weighted by Gasteiger charge is 2.25. The first-order chi connectivity index (χ1) is 13.0. The zero-order chi connectivity index (χ0) is 19.4. The van der Waals surface area contributed by atoms with E-state index in [1.165, 1.54) is 13.2 Å². The van der Waals surface area contributed by atoms with Crippen molar-refractivity contribution in [1.29, 1.82) is 0 Å². The predicted octanol–water partition coefficient (Wildman–Crippen LogP) is 3.39. The van der Waals surface area contributed by atoms with Crippen molar-refractivity contribution < 1.29 is 14.3 Å². The summed E-state index contributed by atoms with van der Waals surface area (Å²) >= 11 is 6.04. The Balaban J connectivity index is 0.00000280. The Morgan fingerprint density at radius 2 is 1.82 bits per heavy atom. The van der Waals surface area contributed by atoms with E-state index in [9.17, 15) is 9.59 Å². The summed E-state index contributed by atoms with van der Waals surface area (Å²) < 4.78 is 5.24. The summed E-state index contributed by atoms with van der Waals surface area (Å²) in [6.07, 6.45) is 1.38. The lowest BCUT2D eigenvalue weighted by molar-refractivity contribution is 0.0698. The number of nitrogens with one attached hydrogen (secondary N) is 1. The third kappa shape index (κ3) is 4.88. The fourth-order valence-electron chi connectivity index (χ4n) is 3.17. The van der Waals surface area contributed by atoms with Gasteiger partial charge in [-0.15, -0.1) is 12.4 Å². The van der Waals surface area contributed by atoms with Gasteiger partial charge in [0.15, 0.2) is 0 Å². The smallest absolute Gasteiger partial charge is 0.255 e. The molecule has 0 spiro atoms. The molecule has 2 aromatic rings. The molecule has 8 heteroatoms. The first kappa shape index (κ1) is 21.9. The van der Waals surface area contributed by atoms with Gasteiger partial charge in [-0.1, -0.05) is 29.8 Å². The average Bonchev–Trinajstić information content (AvgIpc) is 2.70. The van der Waals surface area contributed by atoms with E-state index in [4.69, 9.17) is 22.1 Å². The van der Waals surface area contributed by atoms with Crippen molar-refractivity contribution in [3.05, 3.63) is 58.6 Å². The van der Waals surface area contributed by atoms with E-state index in [1.807, 2.05) is 35.2 Å². The summed E-state index contributed by atoms with van der Waals surface area (Å²) in [5.74, 6) is 0.139. The van der Waals surface area contributed by atoms with Gasteiger partial charge < -0.3 is 20.7 Å². The molecule has 1 heterocycles.